The highest BCUT2D eigenvalue weighted by Gasteiger charge is 2.20. The van der Waals surface area contributed by atoms with Crippen LogP contribution in [-0.2, 0) is 19.6 Å². The molecule has 1 rings (SSSR count). The highest BCUT2D eigenvalue weighted by Crippen LogP contribution is 2.18. The quantitative estimate of drug-likeness (QED) is 0.832. The molecule has 1 aromatic rings. The molecule has 5 nitrogen and oxygen atoms in total. The predicted octanol–water partition coefficient (Wildman–Crippen LogP) is 1.32. The molecule has 0 radical (unpaired) electrons. The number of benzene rings is 1. The van der Waals surface area contributed by atoms with E-state index in [0.29, 0.717) is 0 Å². The Balaban J connectivity index is 2.83. The summed E-state index contributed by atoms with van der Waals surface area (Å²) >= 11 is 5.51. The maximum Gasteiger partial charge on any atom is 0.321 e. The molecule has 0 aromatic heterocycles. The molecule has 0 saturated heterocycles. The third kappa shape index (κ3) is 3.94. The van der Waals surface area contributed by atoms with Crippen molar-refractivity contribution in [2.45, 2.75) is 11.8 Å². The van der Waals surface area contributed by atoms with E-state index >= 15 is 0 Å². The summed E-state index contributed by atoms with van der Waals surface area (Å²) in [6, 6.07) is 3.13. The molecule has 0 amide bonds. The third-order valence-corrected chi connectivity index (χ3v) is 3.56. The summed E-state index contributed by atoms with van der Waals surface area (Å²) in [5, 5.41) is 0.0804. The molecule has 0 unspecified atom stereocenters. The van der Waals surface area contributed by atoms with Crippen LogP contribution in [0, 0.1) is 5.82 Å². The van der Waals surface area contributed by atoms with Crippen LogP contribution in [0.3, 0.4) is 0 Å². The lowest BCUT2D eigenvalue weighted by atomic mass is 10.3. The van der Waals surface area contributed by atoms with E-state index in [1.807, 2.05) is 4.72 Å². The Labute approximate surface area is 109 Å². The summed E-state index contributed by atoms with van der Waals surface area (Å²) in [7, 11) is -4.11. The molecule has 0 bridgehead atoms. The smallest absolute Gasteiger partial charge is 0.321 e. The second kappa shape index (κ2) is 6.12. The Morgan fingerprint density at radius 1 is 1.50 bits per heavy atom. The molecule has 0 aliphatic carbocycles. The maximum absolute atomic E-state index is 13.4. The van der Waals surface area contributed by atoms with Gasteiger partial charge >= 0.3 is 5.97 Å². The average Bonchev–Trinajstić information content (AvgIpc) is 2.26. The van der Waals surface area contributed by atoms with E-state index in [2.05, 4.69) is 4.74 Å². The molecule has 1 N–H and O–H groups in total. The van der Waals surface area contributed by atoms with Gasteiger partial charge in [0.25, 0.3) is 0 Å². The molecule has 0 fully saturated rings. The molecule has 1 aromatic carbocycles. The molecule has 100 valence electrons. The number of nitrogens with one attached hydrogen (secondary N) is 1. The van der Waals surface area contributed by atoms with Crippen LogP contribution < -0.4 is 4.72 Å². The second-order valence-corrected chi connectivity index (χ2v) is 5.38. The zero-order chi connectivity index (χ0) is 13.8. The number of carbonyl (C=O) groups is 1. The molecule has 0 spiro atoms. The Bertz CT molecular complexity index is 547. The third-order valence-electron chi connectivity index (χ3n) is 1.90. The molecular weight excluding hydrogens is 285 g/mol. The normalized spacial score (nSPS) is 11.3. The zero-order valence-corrected chi connectivity index (χ0v) is 11.0. The standard InChI is InChI=1S/C10H11ClFNO4S/c1-2-17-10(14)6-13-18(15,16)9-4-3-7(11)5-8(9)12/h3-5,13H,2,6H2,1H3. The van der Waals surface area contributed by atoms with Crippen molar-refractivity contribution in [1.82, 2.24) is 4.72 Å². The minimum Gasteiger partial charge on any atom is -0.465 e. The Kier molecular flexibility index (Phi) is 5.06. The summed E-state index contributed by atoms with van der Waals surface area (Å²) < 4.78 is 43.2. The van der Waals surface area contributed by atoms with Crippen LogP contribution in [0.25, 0.3) is 0 Å². The lowest BCUT2D eigenvalue weighted by Crippen LogP contribution is -2.31. The molecule has 0 aliphatic heterocycles. The summed E-state index contributed by atoms with van der Waals surface area (Å²) in [6.07, 6.45) is 0. The molecule has 0 saturated carbocycles. The molecule has 18 heavy (non-hydrogen) atoms. The van der Waals surface area contributed by atoms with Gasteiger partial charge in [0.2, 0.25) is 10.0 Å². The maximum atomic E-state index is 13.4. The van der Waals surface area contributed by atoms with Gasteiger partial charge in [0.1, 0.15) is 17.3 Å². The van der Waals surface area contributed by atoms with Crippen LogP contribution >= 0.6 is 11.6 Å². The molecule has 0 heterocycles. The van der Waals surface area contributed by atoms with E-state index in [1.165, 1.54) is 6.07 Å². The van der Waals surface area contributed by atoms with Crippen molar-refractivity contribution in [3.05, 3.63) is 29.0 Å². The summed E-state index contributed by atoms with van der Waals surface area (Å²) in [4.78, 5) is 10.4. The van der Waals surface area contributed by atoms with E-state index in [4.69, 9.17) is 11.6 Å². The van der Waals surface area contributed by atoms with Gasteiger partial charge in [-0.1, -0.05) is 11.6 Å². The molecule has 0 aliphatic rings. The monoisotopic (exact) mass is 295 g/mol. The minimum absolute atomic E-state index is 0.0804. The zero-order valence-electron chi connectivity index (χ0n) is 9.44. The first kappa shape index (κ1) is 14.9. The predicted molar refractivity (Wildman–Crippen MR) is 63.2 cm³/mol. The Morgan fingerprint density at radius 3 is 2.72 bits per heavy atom. The number of halogens is 2. The molecule has 0 atom stereocenters. The second-order valence-electron chi connectivity index (χ2n) is 3.20. The van der Waals surface area contributed by atoms with Gasteiger partial charge in [-0.25, -0.2) is 12.8 Å². The number of ether oxygens (including phenoxy) is 1. The average molecular weight is 296 g/mol. The fourth-order valence-corrected chi connectivity index (χ4v) is 2.32. The number of hydrogen-bond acceptors (Lipinski definition) is 4. The summed E-state index contributed by atoms with van der Waals surface area (Å²) in [6.45, 7) is 1.17. The summed E-state index contributed by atoms with van der Waals surface area (Å²) in [5.74, 6) is -1.73. The van der Waals surface area contributed by atoms with Crippen LogP contribution in [0.4, 0.5) is 4.39 Å². The number of hydrogen-bond donors (Lipinski definition) is 1. The first-order valence-corrected chi connectivity index (χ1v) is 6.83. The van der Waals surface area contributed by atoms with Crippen molar-refractivity contribution in [2.24, 2.45) is 0 Å². The van der Waals surface area contributed by atoms with E-state index in [-0.39, 0.29) is 11.6 Å². The molecule has 8 heteroatoms. The van der Waals surface area contributed by atoms with Gasteiger partial charge in [-0.2, -0.15) is 4.72 Å². The van der Waals surface area contributed by atoms with Crippen molar-refractivity contribution in [3.8, 4) is 0 Å². The van der Waals surface area contributed by atoms with Gasteiger partial charge in [-0.05, 0) is 25.1 Å². The van der Waals surface area contributed by atoms with Gasteiger partial charge in [-0.3, -0.25) is 4.79 Å². The van der Waals surface area contributed by atoms with Crippen LogP contribution in [0.2, 0.25) is 5.02 Å². The van der Waals surface area contributed by atoms with Gasteiger partial charge < -0.3 is 4.74 Å². The number of sulfonamides is 1. The molecular formula is C10H11ClFNO4S. The van der Waals surface area contributed by atoms with Gasteiger partial charge in [0.15, 0.2) is 0 Å². The van der Waals surface area contributed by atoms with E-state index in [1.54, 1.807) is 6.92 Å². The highest BCUT2D eigenvalue weighted by molar-refractivity contribution is 7.89. The van der Waals surface area contributed by atoms with Crippen LogP contribution in [0.5, 0.6) is 0 Å². The van der Waals surface area contributed by atoms with Gasteiger partial charge in [-0.15, -0.1) is 0 Å². The van der Waals surface area contributed by atoms with Crippen molar-refractivity contribution < 1.29 is 22.3 Å². The number of carbonyl (C=O) groups excluding carboxylic acids is 1. The Morgan fingerprint density at radius 2 is 2.17 bits per heavy atom. The van der Waals surface area contributed by atoms with Crippen molar-refractivity contribution in [3.63, 3.8) is 0 Å². The first-order chi connectivity index (χ1) is 8.36. The number of esters is 1. The first-order valence-electron chi connectivity index (χ1n) is 4.97. The Hall–Kier alpha value is -1.18. The van der Waals surface area contributed by atoms with Crippen LogP contribution in [-0.4, -0.2) is 27.5 Å². The van der Waals surface area contributed by atoms with Gasteiger partial charge in [0.05, 0.1) is 6.61 Å². The van der Waals surface area contributed by atoms with Crippen LogP contribution in [0.1, 0.15) is 6.92 Å². The van der Waals surface area contributed by atoms with Crippen molar-refractivity contribution in [1.29, 1.82) is 0 Å². The minimum atomic E-state index is -4.11. The number of rotatable bonds is 5. The fourth-order valence-electron chi connectivity index (χ4n) is 1.14. The fraction of sp³-hybridized carbons (Fsp3) is 0.300. The topological polar surface area (TPSA) is 72.5 Å². The lowest BCUT2D eigenvalue weighted by molar-refractivity contribution is -0.141. The summed E-state index contributed by atoms with van der Waals surface area (Å²) in [5.41, 5.74) is 0. The highest BCUT2D eigenvalue weighted by atomic mass is 35.5. The van der Waals surface area contributed by atoms with E-state index in [9.17, 15) is 17.6 Å². The van der Waals surface area contributed by atoms with E-state index < -0.39 is 33.3 Å². The van der Waals surface area contributed by atoms with Crippen molar-refractivity contribution in [2.75, 3.05) is 13.2 Å². The van der Waals surface area contributed by atoms with E-state index in [0.717, 1.165) is 12.1 Å². The SMILES string of the molecule is CCOC(=O)CNS(=O)(=O)c1ccc(Cl)cc1F. The lowest BCUT2D eigenvalue weighted by Gasteiger charge is -2.07. The van der Waals surface area contributed by atoms with Crippen LogP contribution in [0.15, 0.2) is 23.1 Å². The largest absolute Gasteiger partial charge is 0.465 e. The van der Waals surface area contributed by atoms with Crippen molar-refractivity contribution >= 4 is 27.6 Å². The van der Waals surface area contributed by atoms with Gasteiger partial charge in [0, 0.05) is 5.02 Å².